The number of rotatable bonds is 4. The Balaban J connectivity index is 3.31. The summed E-state index contributed by atoms with van der Waals surface area (Å²) in [7, 11) is 1.50. The molecular formula is C11H16O4. The first kappa shape index (κ1) is 11.8. The van der Waals surface area contributed by atoms with Gasteiger partial charge in [0.05, 0.1) is 19.8 Å². The summed E-state index contributed by atoms with van der Waals surface area (Å²) in [6, 6.07) is 1.31. The number of hydrogen-bond donors (Lipinski definition) is 1. The molecule has 0 saturated heterocycles. The molecule has 4 heteroatoms. The summed E-state index contributed by atoms with van der Waals surface area (Å²) in [5.41, 5.74) is 0.350. The molecule has 0 fully saturated rings. The van der Waals surface area contributed by atoms with E-state index in [0.717, 1.165) is 12.0 Å². The largest absolute Gasteiger partial charge is 0.496 e. The minimum Gasteiger partial charge on any atom is -0.496 e. The Kier molecular flexibility index (Phi) is 3.91. The quantitative estimate of drug-likeness (QED) is 0.820. The van der Waals surface area contributed by atoms with Crippen LogP contribution in [0.2, 0.25) is 0 Å². The summed E-state index contributed by atoms with van der Waals surface area (Å²) in [4.78, 5) is 11.1. The molecule has 0 radical (unpaired) electrons. The van der Waals surface area contributed by atoms with Crippen molar-refractivity contribution in [1.82, 2.24) is 0 Å². The van der Waals surface area contributed by atoms with E-state index in [1.165, 1.54) is 13.2 Å². The van der Waals surface area contributed by atoms with Crippen LogP contribution in [0.5, 0.6) is 5.75 Å². The van der Waals surface area contributed by atoms with Crippen molar-refractivity contribution in [3.63, 3.8) is 0 Å². The number of aryl methyl sites for hydroxylation is 1. The summed E-state index contributed by atoms with van der Waals surface area (Å²) >= 11 is 0. The number of aliphatic hydroxyl groups is 1. The maximum Gasteiger partial charge on any atom is 0.339 e. The highest BCUT2D eigenvalue weighted by molar-refractivity contribution is 5.36. The maximum atomic E-state index is 11.1. The van der Waals surface area contributed by atoms with Gasteiger partial charge in [0.15, 0.2) is 0 Å². The van der Waals surface area contributed by atoms with Crippen LogP contribution in [0.25, 0.3) is 0 Å². The molecule has 0 amide bonds. The van der Waals surface area contributed by atoms with Crippen LogP contribution in [0.15, 0.2) is 15.3 Å². The lowest BCUT2D eigenvalue weighted by molar-refractivity contribution is 0.254. The number of aliphatic hydroxyl groups excluding tert-OH is 1. The van der Waals surface area contributed by atoms with Crippen LogP contribution in [0.3, 0.4) is 0 Å². The van der Waals surface area contributed by atoms with Crippen LogP contribution in [0.1, 0.15) is 30.6 Å². The molecule has 0 aromatic carbocycles. The van der Waals surface area contributed by atoms with Crippen molar-refractivity contribution < 1.29 is 14.3 Å². The molecule has 0 aliphatic rings. The van der Waals surface area contributed by atoms with E-state index in [9.17, 15) is 9.90 Å². The molecule has 15 heavy (non-hydrogen) atoms. The minimum atomic E-state index is -0.430. The SMILES string of the molecule is CC[C@@H](CO)c1c(OC)cc(=O)oc1C. The summed E-state index contributed by atoms with van der Waals surface area (Å²) < 4.78 is 10.1. The third-order valence-corrected chi connectivity index (χ3v) is 2.49. The molecule has 1 aromatic rings. The normalized spacial score (nSPS) is 12.5. The van der Waals surface area contributed by atoms with Gasteiger partial charge in [-0.15, -0.1) is 0 Å². The molecule has 0 aliphatic heterocycles. The van der Waals surface area contributed by atoms with Gasteiger partial charge < -0.3 is 14.3 Å². The second-order valence-corrected chi connectivity index (χ2v) is 3.39. The Morgan fingerprint density at radius 3 is 2.73 bits per heavy atom. The van der Waals surface area contributed by atoms with E-state index >= 15 is 0 Å². The Morgan fingerprint density at radius 2 is 2.27 bits per heavy atom. The second kappa shape index (κ2) is 4.98. The van der Waals surface area contributed by atoms with E-state index in [4.69, 9.17) is 9.15 Å². The van der Waals surface area contributed by atoms with Crippen LogP contribution in [0.4, 0.5) is 0 Å². The molecule has 1 N–H and O–H groups in total. The molecule has 0 bridgehead atoms. The molecule has 1 rings (SSSR count). The van der Waals surface area contributed by atoms with Gasteiger partial charge in [0.25, 0.3) is 0 Å². The van der Waals surface area contributed by atoms with Crippen LogP contribution in [-0.4, -0.2) is 18.8 Å². The molecule has 0 spiro atoms. The highest BCUT2D eigenvalue weighted by Crippen LogP contribution is 2.30. The van der Waals surface area contributed by atoms with Crippen molar-refractivity contribution in [3.8, 4) is 5.75 Å². The Hall–Kier alpha value is -1.29. The second-order valence-electron chi connectivity index (χ2n) is 3.39. The average molecular weight is 212 g/mol. The maximum absolute atomic E-state index is 11.1. The zero-order valence-electron chi connectivity index (χ0n) is 9.24. The van der Waals surface area contributed by atoms with Gasteiger partial charge >= 0.3 is 5.63 Å². The molecule has 0 saturated carbocycles. The van der Waals surface area contributed by atoms with Gasteiger partial charge in [0, 0.05) is 11.5 Å². The lowest BCUT2D eigenvalue weighted by atomic mass is 9.96. The van der Waals surface area contributed by atoms with Crippen LogP contribution in [0, 0.1) is 6.92 Å². The topological polar surface area (TPSA) is 59.7 Å². The number of hydrogen-bond acceptors (Lipinski definition) is 4. The molecule has 84 valence electrons. The van der Waals surface area contributed by atoms with Crippen molar-refractivity contribution in [2.45, 2.75) is 26.2 Å². The fourth-order valence-corrected chi connectivity index (χ4v) is 1.68. The standard InChI is InChI=1S/C11H16O4/c1-4-8(6-12)11-7(2)15-10(13)5-9(11)14-3/h5,8,12H,4,6H2,1-3H3/t8-/m0/s1. The Bertz CT molecular complexity index is 377. The highest BCUT2D eigenvalue weighted by atomic mass is 16.5. The van der Waals surface area contributed by atoms with Crippen molar-refractivity contribution in [3.05, 3.63) is 27.8 Å². The van der Waals surface area contributed by atoms with Crippen LogP contribution >= 0.6 is 0 Å². The predicted molar refractivity (Wildman–Crippen MR) is 56.4 cm³/mol. The van der Waals surface area contributed by atoms with Crippen LogP contribution < -0.4 is 10.4 Å². The Morgan fingerprint density at radius 1 is 1.60 bits per heavy atom. The van der Waals surface area contributed by atoms with E-state index in [2.05, 4.69) is 0 Å². The van der Waals surface area contributed by atoms with E-state index in [1.807, 2.05) is 6.92 Å². The lowest BCUT2D eigenvalue weighted by Crippen LogP contribution is -2.11. The van der Waals surface area contributed by atoms with Crippen molar-refractivity contribution in [2.75, 3.05) is 13.7 Å². The van der Waals surface area contributed by atoms with Gasteiger partial charge in [-0.05, 0) is 13.3 Å². The van der Waals surface area contributed by atoms with Gasteiger partial charge in [-0.1, -0.05) is 6.92 Å². The first-order chi connectivity index (χ1) is 7.13. The third-order valence-electron chi connectivity index (χ3n) is 2.49. The van der Waals surface area contributed by atoms with E-state index < -0.39 is 5.63 Å². The van der Waals surface area contributed by atoms with Gasteiger partial charge in [0.1, 0.15) is 11.5 Å². The van der Waals surface area contributed by atoms with Gasteiger partial charge in [0.2, 0.25) is 0 Å². The van der Waals surface area contributed by atoms with Gasteiger partial charge in [-0.2, -0.15) is 0 Å². The summed E-state index contributed by atoms with van der Waals surface area (Å²) in [5.74, 6) is 0.953. The summed E-state index contributed by atoms with van der Waals surface area (Å²) in [6.07, 6.45) is 0.765. The zero-order valence-corrected chi connectivity index (χ0v) is 9.24. The fraction of sp³-hybridized carbons (Fsp3) is 0.545. The molecule has 0 unspecified atom stereocenters. The molecular weight excluding hydrogens is 196 g/mol. The minimum absolute atomic E-state index is 0.0153. The van der Waals surface area contributed by atoms with Crippen molar-refractivity contribution in [1.29, 1.82) is 0 Å². The number of methoxy groups -OCH3 is 1. The third kappa shape index (κ3) is 2.39. The first-order valence-electron chi connectivity index (χ1n) is 4.93. The molecule has 1 aromatic heterocycles. The van der Waals surface area contributed by atoms with Crippen molar-refractivity contribution in [2.24, 2.45) is 0 Å². The molecule has 1 atom stereocenters. The van der Waals surface area contributed by atoms with E-state index in [-0.39, 0.29) is 12.5 Å². The Labute approximate surface area is 88.5 Å². The lowest BCUT2D eigenvalue weighted by Gasteiger charge is -2.16. The van der Waals surface area contributed by atoms with Crippen molar-refractivity contribution >= 4 is 0 Å². The molecule has 4 nitrogen and oxygen atoms in total. The summed E-state index contributed by atoms with van der Waals surface area (Å²) in [6.45, 7) is 3.68. The van der Waals surface area contributed by atoms with E-state index in [0.29, 0.717) is 11.5 Å². The van der Waals surface area contributed by atoms with Gasteiger partial charge in [-0.25, -0.2) is 4.79 Å². The molecule has 0 aliphatic carbocycles. The smallest absolute Gasteiger partial charge is 0.339 e. The highest BCUT2D eigenvalue weighted by Gasteiger charge is 2.18. The molecule has 1 heterocycles. The fourth-order valence-electron chi connectivity index (χ4n) is 1.68. The van der Waals surface area contributed by atoms with Crippen LogP contribution in [-0.2, 0) is 0 Å². The predicted octanol–water partition coefficient (Wildman–Crippen LogP) is 1.44. The average Bonchev–Trinajstić information content (AvgIpc) is 2.21. The van der Waals surface area contributed by atoms with Gasteiger partial charge in [-0.3, -0.25) is 0 Å². The number of ether oxygens (including phenoxy) is 1. The monoisotopic (exact) mass is 212 g/mol. The zero-order chi connectivity index (χ0) is 11.4. The van der Waals surface area contributed by atoms with E-state index in [1.54, 1.807) is 6.92 Å². The summed E-state index contributed by atoms with van der Waals surface area (Å²) in [5, 5.41) is 9.22. The first-order valence-corrected chi connectivity index (χ1v) is 4.93.